The molecule has 0 saturated heterocycles. The van der Waals surface area contributed by atoms with Gasteiger partial charge in [-0.05, 0) is 24.3 Å². The first-order chi connectivity index (χ1) is 12.3. The maximum absolute atomic E-state index is 12.6. The van der Waals surface area contributed by atoms with Crippen molar-refractivity contribution in [3.8, 4) is 22.1 Å². The lowest BCUT2D eigenvalue weighted by atomic mass is 10.1. The lowest BCUT2D eigenvalue weighted by Crippen LogP contribution is -2.13. The zero-order chi connectivity index (χ0) is 17.1. The summed E-state index contributed by atoms with van der Waals surface area (Å²) >= 11 is 1.30. The van der Waals surface area contributed by atoms with Crippen LogP contribution in [0.5, 0.6) is 11.5 Å². The molecule has 1 N–H and O–H groups in total. The number of rotatable bonds is 3. The molecular weight excluding hydrogens is 340 g/mol. The Morgan fingerprint density at radius 3 is 2.80 bits per heavy atom. The van der Waals surface area contributed by atoms with Gasteiger partial charge in [0.05, 0.1) is 18.8 Å². The summed E-state index contributed by atoms with van der Waals surface area (Å²) in [5.74, 6) is 0.746. The van der Waals surface area contributed by atoms with E-state index in [-0.39, 0.29) is 5.91 Å². The second kappa shape index (κ2) is 6.86. The van der Waals surface area contributed by atoms with Crippen LogP contribution in [-0.4, -0.2) is 34.3 Å². The van der Waals surface area contributed by atoms with Gasteiger partial charge in [-0.1, -0.05) is 17.4 Å². The van der Waals surface area contributed by atoms with Crippen molar-refractivity contribution in [3.05, 3.63) is 48.3 Å². The van der Waals surface area contributed by atoms with E-state index in [1.807, 2.05) is 12.1 Å². The Morgan fingerprint density at radius 2 is 1.92 bits per heavy atom. The number of aromatic nitrogens is 3. The van der Waals surface area contributed by atoms with Crippen molar-refractivity contribution >= 4 is 22.4 Å². The fourth-order valence-electron chi connectivity index (χ4n) is 2.42. The van der Waals surface area contributed by atoms with Gasteiger partial charge in [0.15, 0.2) is 11.5 Å². The SMILES string of the molecule is O=C(Nc1nnc(-c2ccncc2)s1)c1cccc2c1OCCCO2. The van der Waals surface area contributed by atoms with Gasteiger partial charge in [-0.15, -0.1) is 10.2 Å². The maximum Gasteiger partial charge on any atom is 0.261 e. The highest BCUT2D eigenvalue weighted by Gasteiger charge is 2.20. The van der Waals surface area contributed by atoms with E-state index in [2.05, 4.69) is 20.5 Å². The predicted molar refractivity (Wildman–Crippen MR) is 93.1 cm³/mol. The molecule has 0 aliphatic carbocycles. The van der Waals surface area contributed by atoms with Crippen molar-refractivity contribution < 1.29 is 14.3 Å². The number of fused-ring (bicyclic) bond motifs is 1. The van der Waals surface area contributed by atoms with Crippen LogP contribution in [0.2, 0.25) is 0 Å². The van der Waals surface area contributed by atoms with Crippen molar-refractivity contribution in [2.75, 3.05) is 18.5 Å². The van der Waals surface area contributed by atoms with Crippen LogP contribution in [0.3, 0.4) is 0 Å². The van der Waals surface area contributed by atoms with Crippen LogP contribution in [0.25, 0.3) is 10.6 Å². The summed E-state index contributed by atoms with van der Waals surface area (Å²) in [6.45, 7) is 1.09. The highest BCUT2D eigenvalue weighted by atomic mass is 32.1. The average molecular weight is 354 g/mol. The third-order valence-electron chi connectivity index (χ3n) is 3.59. The van der Waals surface area contributed by atoms with Crippen LogP contribution in [0, 0.1) is 0 Å². The molecule has 4 rings (SSSR count). The first kappa shape index (κ1) is 15.5. The monoisotopic (exact) mass is 354 g/mol. The lowest BCUT2D eigenvalue weighted by molar-refractivity contribution is 0.102. The van der Waals surface area contributed by atoms with Gasteiger partial charge in [0, 0.05) is 24.4 Å². The van der Waals surface area contributed by atoms with Crippen molar-refractivity contribution in [2.45, 2.75) is 6.42 Å². The molecule has 0 fully saturated rings. The van der Waals surface area contributed by atoms with E-state index in [1.54, 1.807) is 30.6 Å². The number of carbonyl (C=O) groups is 1. The summed E-state index contributed by atoms with van der Waals surface area (Å²) in [4.78, 5) is 16.6. The molecule has 7 nitrogen and oxygen atoms in total. The molecule has 1 aliphatic rings. The zero-order valence-electron chi connectivity index (χ0n) is 13.1. The van der Waals surface area contributed by atoms with Gasteiger partial charge in [-0.2, -0.15) is 0 Å². The minimum Gasteiger partial charge on any atom is -0.490 e. The van der Waals surface area contributed by atoms with Gasteiger partial charge < -0.3 is 9.47 Å². The van der Waals surface area contributed by atoms with Crippen LogP contribution < -0.4 is 14.8 Å². The van der Waals surface area contributed by atoms with E-state index in [0.717, 1.165) is 12.0 Å². The summed E-state index contributed by atoms with van der Waals surface area (Å²) in [6, 6.07) is 8.95. The van der Waals surface area contributed by atoms with Gasteiger partial charge in [0.2, 0.25) is 5.13 Å². The Kier molecular flexibility index (Phi) is 4.26. The second-order valence-electron chi connectivity index (χ2n) is 5.29. The molecule has 25 heavy (non-hydrogen) atoms. The first-order valence-corrected chi connectivity index (χ1v) is 8.57. The molecule has 1 aromatic carbocycles. The Hall–Kier alpha value is -3.00. The fourth-order valence-corrected chi connectivity index (χ4v) is 3.17. The topological polar surface area (TPSA) is 86.2 Å². The number of para-hydroxylation sites is 1. The van der Waals surface area contributed by atoms with E-state index >= 15 is 0 Å². The minimum atomic E-state index is -0.306. The van der Waals surface area contributed by atoms with Gasteiger partial charge in [-0.3, -0.25) is 15.1 Å². The maximum atomic E-state index is 12.6. The molecule has 0 unspecified atom stereocenters. The third-order valence-corrected chi connectivity index (χ3v) is 4.48. The van der Waals surface area contributed by atoms with E-state index in [9.17, 15) is 4.79 Å². The number of hydrogen-bond acceptors (Lipinski definition) is 7. The smallest absolute Gasteiger partial charge is 0.261 e. The second-order valence-corrected chi connectivity index (χ2v) is 6.26. The molecule has 1 aliphatic heterocycles. The number of anilines is 1. The molecule has 3 heterocycles. The van der Waals surface area contributed by atoms with Crippen molar-refractivity contribution in [1.29, 1.82) is 0 Å². The number of pyridine rings is 1. The lowest BCUT2D eigenvalue weighted by Gasteiger charge is -2.11. The predicted octanol–water partition coefficient (Wildman–Crippen LogP) is 3.01. The highest BCUT2D eigenvalue weighted by Crippen LogP contribution is 2.34. The Labute approximate surface area is 147 Å². The molecule has 126 valence electrons. The summed E-state index contributed by atoms with van der Waals surface area (Å²) in [6.07, 6.45) is 4.15. The summed E-state index contributed by atoms with van der Waals surface area (Å²) in [5.41, 5.74) is 1.32. The third kappa shape index (κ3) is 3.29. The average Bonchev–Trinajstić information content (AvgIpc) is 2.97. The van der Waals surface area contributed by atoms with E-state index in [4.69, 9.17) is 9.47 Å². The van der Waals surface area contributed by atoms with E-state index in [0.29, 0.717) is 40.4 Å². The van der Waals surface area contributed by atoms with Gasteiger partial charge >= 0.3 is 0 Å². The summed E-state index contributed by atoms with van der Waals surface area (Å²) in [5, 5.41) is 12.0. The molecule has 0 bridgehead atoms. The summed E-state index contributed by atoms with van der Waals surface area (Å²) in [7, 11) is 0. The molecule has 2 aromatic heterocycles. The van der Waals surface area contributed by atoms with E-state index < -0.39 is 0 Å². The molecule has 0 radical (unpaired) electrons. The van der Waals surface area contributed by atoms with Crippen LogP contribution in [0.1, 0.15) is 16.8 Å². The van der Waals surface area contributed by atoms with Crippen molar-refractivity contribution in [2.24, 2.45) is 0 Å². The molecule has 0 saturated carbocycles. The van der Waals surface area contributed by atoms with Crippen molar-refractivity contribution in [3.63, 3.8) is 0 Å². The quantitative estimate of drug-likeness (QED) is 0.778. The van der Waals surface area contributed by atoms with Crippen LogP contribution >= 0.6 is 11.3 Å². The fraction of sp³-hybridized carbons (Fsp3) is 0.176. The van der Waals surface area contributed by atoms with Crippen LogP contribution in [-0.2, 0) is 0 Å². The summed E-state index contributed by atoms with van der Waals surface area (Å²) < 4.78 is 11.3. The standard InChI is InChI=1S/C17H14N4O3S/c22-15(12-3-1-4-13-14(12)24-10-2-9-23-13)19-17-21-20-16(25-17)11-5-7-18-8-6-11/h1,3-8H,2,9-10H2,(H,19,21,22). The number of amides is 1. The number of ether oxygens (including phenoxy) is 2. The Bertz CT molecular complexity index is 898. The minimum absolute atomic E-state index is 0.306. The van der Waals surface area contributed by atoms with Gasteiger partial charge in [0.1, 0.15) is 5.01 Å². The Morgan fingerprint density at radius 1 is 1.08 bits per heavy atom. The van der Waals surface area contributed by atoms with Gasteiger partial charge in [0.25, 0.3) is 5.91 Å². The molecule has 8 heteroatoms. The zero-order valence-corrected chi connectivity index (χ0v) is 14.0. The normalized spacial score (nSPS) is 13.1. The largest absolute Gasteiger partial charge is 0.490 e. The van der Waals surface area contributed by atoms with Crippen LogP contribution in [0.15, 0.2) is 42.7 Å². The molecule has 0 atom stereocenters. The molecule has 0 spiro atoms. The Balaban J connectivity index is 1.56. The molecule has 3 aromatic rings. The number of nitrogens with zero attached hydrogens (tertiary/aromatic N) is 3. The first-order valence-electron chi connectivity index (χ1n) is 7.75. The van der Waals surface area contributed by atoms with Crippen molar-refractivity contribution in [1.82, 2.24) is 15.2 Å². The molecule has 1 amide bonds. The highest BCUT2D eigenvalue weighted by molar-refractivity contribution is 7.18. The van der Waals surface area contributed by atoms with Gasteiger partial charge in [-0.25, -0.2) is 0 Å². The van der Waals surface area contributed by atoms with Crippen LogP contribution in [0.4, 0.5) is 5.13 Å². The van der Waals surface area contributed by atoms with E-state index in [1.165, 1.54) is 11.3 Å². The molecular formula is C17H14N4O3S. The number of nitrogens with one attached hydrogen (secondary N) is 1. The number of hydrogen-bond donors (Lipinski definition) is 1. The number of carbonyl (C=O) groups excluding carboxylic acids is 1. The number of benzene rings is 1.